The zero-order valence-corrected chi connectivity index (χ0v) is 18.8. The molecule has 5 rings (SSSR count). The molecule has 2 aromatic carbocycles. The van der Waals surface area contributed by atoms with E-state index < -0.39 is 0 Å². The standard InChI is InChI=1S/C26H31N3O3/c1-32-24-8-3-2-7-23(24)26(31)28-13-11-19-16-20(9-10-21(19)17-28)25(30)29-15-14-27-12-5-4-6-22(27)18-29/h2-3,7-10,16,22H,4-6,11-15,17-18H2,1H3. The summed E-state index contributed by atoms with van der Waals surface area (Å²) in [5, 5.41) is 0. The van der Waals surface area contributed by atoms with Crippen LogP contribution in [0, 0.1) is 0 Å². The number of carbonyl (C=O) groups is 2. The van der Waals surface area contributed by atoms with Crippen molar-refractivity contribution in [2.45, 2.75) is 38.3 Å². The molecule has 32 heavy (non-hydrogen) atoms. The topological polar surface area (TPSA) is 53.1 Å². The minimum absolute atomic E-state index is 0.0152. The molecule has 2 fully saturated rings. The number of hydrogen-bond acceptors (Lipinski definition) is 4. The predicted octanol–water partition coefficient (Wildman–Crippen LogP) is 3.20. The van der Waals surface area contributed by atoms with Gasteiger partial charge in [0.2, 0.25) is 0 Å². The van der Waals surface area contributed by atoms with Gasteiger partial charge >= 0.3 is 0 Å². The van der Waals surface area contributed by atoms with Crippen molar-refractivity contribution in [2.75, 3.05) is 39.8 Å². The second-order valence-electron chi connectivity index (χ2n) is 9.10. The smallest absolute Gasteiger partial charge is 0.257 e. The summed E-state index contributed by atoms with van der Waals surface area (Å²) in [5.41, 5.74) is 3.66. The molecule has 0 aromatic heterocycles. The third-order valence-corrected chi connectivity index (χ3v) is 7.21. The number of hydrogen-bond donors (Lipinski definition) is 0. The molecule has 1 atom stereocenters. The largest absolute Gasteiger partial charge is 0.496 e. The van der Waals surface area contributed by atoms with Crippen LogP contribution in [-0.2, 0) is 13.0 Å². The predicted molar refractivity (Wildman–Crippen MR) is 123 cm³/mol. The first kappa shape index (κ1) is 21.0. The number of rotatable bonds is 3. The molecule has 6 nitrogen and oxygen atoms in total. The molecule has 3 aliphatic rings. The number of methoxy groups -OCH3 is 1. The molecule has 0 spiro atoms. The zero-order chi connectivity index (χ0) is 22.1. The van der Waals surface area contributed by atoms with Gasteiger partial charge in [-0.3, -0.25) is 14.5 Å². The molecule has 2 aromatic rings. The van der Waals surface area contributed by atoms with Crippen LogP contribution in [-0.4, -0.2) is 72.4 Å². The van der Waals surface area contributed by atoms with Crippen molar-refractivity contribution in [3.8, 4) is 5.75 Å². The maximum absolute atomic E-state index is 13.2. The number of benzene rings is 2. The number of piperazine rings is 1. The highest BCUT2D eigenvalue weighted by Crippen LogP contribution is 2.27. The van der Waals surface area contributed by atoms with Gasteiger partial charge in [-0.2, -0.15) is 0 Å². The third-order valence-electron chi connectivity index (χ3n) is 7.21. The number of piperidine rings is 1. The Kier molecular flexibility index (Phi) is 5.87. The van der Waals surface area contributed by atoms with E-state index in [4.69, 9.17) is 4.74 Å². The minimum Gasteiger partial charge on any atom is -0.496 e. The molecule has 0 saturated carbocycles. The van der Waals surface area contributed by atoms with E-state index in [9.17, 15) is 9.59 Å². The quantitative estimate of drug-likeness (QED) is 0.746. The molecule has 0 radical (unpaired) electrons. The first-order chi connectivity index (χ1) is 15.6. The van der Waals surface area contributed by atoms with Crippen molar-refractivity contribution < 1.29 is 14.3 Å². The number of ether oxygens (including phenoxy) is 1. The normalized spacial score (nSPS) is 21.0. The van der Waals surface area contributed by atoms with Gasteiger partial charge < -0.3 is 14.5 Å². The number of amides is 2. The summed E-state index contributed by atoms with van der Waals surface area (Å²) in [4.78, 5) is 32.7. The number of para-hydroxylation sites is 1. The number of nitrogens with zero attached hydrogens (tertiary/aromatic N) is 3. The molecule has 6 heteroatoms. The van der Waals surface area contributed by atoms with Crippen LogP contribution < -0.4 is 4.74 Å². The summed E-state index contributed by atoms with van der Waals surface area (Å²) in [6.07, 6.45) is 4.51. The van der Waals surface area contributed by atoms with Gasteiger partial charge in [-0.1, -0.05) is 24.6 Å². The number of carbonyl (C=O) groups excluding carboxylic acids is 2. The first-order valence-corrected chi connectivity index (χ1v) is 11.7. The first-order valence-electron chi connectivity index (χ1n) is 11.7. The summed E-state index contributed by atoms with van der Waals surface area (Å²) in [6, 6.07) is 13.9. The summed E-state index contributed by atoms with van der Waals surface area (Å²) in [5.74, 6) is 0.728. The Bertz CT molecular complexity index is 1020. The second kappa shape index (κ2) is 8.94. The highest BCUT2D eigenvalue weighted by molar-refractivity contribution is 5.97. The molecule has 3 aliphatic heterocycles. The van der Waals surface area contributed by atoms with E-state index in [1.807, 2.05) is 46.2 Å². The minimum atomic E-state index is -0.0152. The third kappa shape index (κ3) is 3.99. The Morgan fingerprint density at radius 1 is 0.906 bits per heavy atom. The Morgan fingerprint density at radius 3 is 2.66 bits per heavy atom. The van der Waals surface area contributed by atoms with Gasteiger partial charge in [-0.25, -0.2) is 0 Å². The molecule has 2 amide bonds. The second-order valence-corrected chi connectivity index (χ2v) is 9.10. The molecule has 3 heterocycles. The van der Waals surface area contributed by atoms with E-state index in [2.05, 4.69) is 11.0 Å². The summed E-state index contributed by atoms with van der Waals surface area (Å²) in [7, 11) is 1.59. The van der Waals surface area contributed by atoms with Crippen molar-refractivity contribution in [3.05, 3.63) is 64.7 Å². The Balaban J connectivity index is 1.28. The summed E-state index contributed by atoms with van der Waals surface area (Å²) >= 11 is 0. The van der Waals surface area contributed by atoms with Crippen LogP contribution in [0.2, 0.25) is 0 Å². The van der Waals surface area contributed by atoms with E-state index in [0.29, 0.717) is 30.4 Å². The van der Waals surface area contributed by atoms with Gasteiger partial charge in [0.15, 0.2) is 0 Å². The Hall–Kier alpha value is -2.86. The molecule has 0 bridgehead atoms. The lowest BCUT2D eigenvalue weighted by atomic mass is 9.95. The van der Waals surface area contributed by atoms with Crippen LogP contribution in [0.25, 0.3) is 0 Å². The fraction of sp³-hybridized carbons (Fsp3) is 0.462. The van der Waals surface area contributed by atoms with Crippen molar-refractivity contribution in [2.24, 2.45) is 0 Å². The number of fused-ring (bicyclic) bond motifs is 2. The molecule has 2 saturated heterocycles. The maximum Gasteiger partial charge on any atom is 0.257 e. The van der Waals surface area contributed by atoms with Crippen molar-refractivity contribution in [3.63, 3.8) is 0 Å². The molecule has 168 valence electrons. The lowest BCUT2D eigenvalue weighted by molar-refractivity contribution is 0.0372. The fourth-order valence-corrected chi connectivity index (χ4v) is 5.37. The summed E-state index contributed by atoms with van der Waals surface area (Å²) in [6.45, 7) is 5.02. The molecule has 0 N–H and O–H groups in total. The van der Waals surface area contributed by atoms with Crippen molar-refractivity contribution in [1.82, 2.24) is 14.7 Å². The van der Waals surface area contributed by atoms with Gasteiger partial charge in [-0.15, -0.1) is 0 Å². The Morgan fingerprint density at radius 2 is 1.78 bits per heavy atom. The van der Waals surface area contributed by atoms with E-state index in [0.717, 1.165) is 37.2 Å². The molecular weight excluding hydrogens is 402 g/mol. The van der Waals surface area contributed by atoms with Gasteiger partial charge in [0.1, 0.15) is 5.75 Å². The van der Waals surface area contributed by atoms with Gasteiger partial charge in [0.25, 0.3) is 11.8 Å². The van der Waals surface area contributed by atoms with Gasteiger partial charge in [0, 0.05) is 44.3 Å². The monoisotopic (exact) mass is 433 g/mol. The van der Waals surface area contributed by atoms with Crippen molar-refractivity contribution >= 4 is 11.8 Å². The van der Waals surface area contributed by atoms with Crippen LogP contribution >= 0.6 is 0 Å². The van der Waals surface area contributed by atoms with Crippen LogP contribution in [0.5, 0.6) is 5.75 Å². The van der Waals surface area contributed by atoms with Crippen LogP contribution in [0.1, 0.15) is 51.1 Å². The lowest BCUT2D eigenvalue weighted by Gasteiger charge is -2.44. The average Bonchev–Trinajstić information content (AvgIpc) is 2.86. The SMILES string of the molecule is COc1ccccc1C(=O)N1CCc2cc(C(=O)N3CCN4CCCCC4C3)ccc2C1. The molecule has 0 aliphatic carbocycles. The van der Waals surface area contributed by atoms with Gasteiger partial charge in [-0.05, 0) is 61.2 Å². The van der Waals surface area contributed by atoms with Crippen molar-refractivity contribution in [1.29, 1.82) is 0 Å². The fourth-order valence-electron chi connectivity index (χ4n) is 5.37. The highest BCUT2D eigenvalue weighted by Gasteiger charge is 2.32. The maximum atomic E-state index is 13.2. The average molecular weight is 434 g/mol. The van der Waals surface area contributed by atoms with E-state index >= 15 is 0 Å². The zero-order valence-electron chi connectivity index (χ0n) is 18.8. The summed E-state index contributed by atoms with van der Waals surface area (Å²) < 4.78 is 5.37. The van der Waals surface area contributed by atoms with Crippen LogP contribution in [0.4, 0.5) is 0 Å². The van der Waals surface area contributed by atoms with E-state index in [-0.39, 0.29) is 11.8 Å². The lowest BCUT2D eigenvalue weighted by Crippen LogP contribution is -2.56. The van der Waals surface area contributed by atoms with E-state index in [1.165, 1.54) is 31.4 Å². The van der Waals surface area contributed by atoms with Crippen LogP contribution in [0.15, 0.2) is 42.5 Å². The Labute approximate surface area is 189 Å². The van der Waals surface area contributed by atoms with E-state index in [1.54, 1.807) is 7.11 Å². The molecule has 1 unspecified atom stereocenters. The highest BCUT2D eigenvalue weighted by atomic mass is 16.5. The molecular formula is C26H31N3O3. The van der Waals surface area contributed by atoms with Gasteiger partial charge in [0.05, 0.1) is 12.7 Å². The van der Waals surface area contributed by atoms with Crippen LogP contribution in [0.3, 0.4) is 0 Å².